The van der Waals surface area contributed by atoms with Gasteiger partial charge in [0.15, 0.2) is 0 Å². The fourth-order valence-corrected chi connectivity index (χ4v) is 5.94. The normalized spacial score (nSPS) is 18.8. The molecule has 0 bridgehead atoms. The maximum Gasteiger partial charge on any atom is 0.429 e. The molecule has 4 N–H and O–H groups in total. The molecule has 3 heterocycles. The van der Waals surface area contributed by atoms with Gasteiger partial charge in [0.2, 0.25) is 17.9 Å². The number of rotatable bonds is 10. The molecular weight excluding hydrogens is 603 g/mol. The Labute approximate surface area is 257 Å². The molecule has 2 aliphatic heterocycles. The van der Waals surface area contributed by atoms with Crippen molar-refractivity contribution in [3.63, 3.8) is 0 Å². The number of alkyl halides is 3. The molecule has 0 saturated carbocycles. The standard InChI is InChI=1S/C30H33ClF3N5O5/c1-42-11-12-43-20-4-2-3-18(13-20)22-14-19(31)5-6-21(22)26(30(32,33)34)44-25-15-24(37-28(35)38-25)39-9-7-29(8-10-39)16-23(27(40)41)36-17-29/h2-6,13-15,23,26,36H,7-12,16-17H2,1H3,(H,40,41)(H2,35,37,38)/t23?,26-/m1/s1. The van der Waals surface area contributed by atoms with E-state index in [1.807, 2.05) is 4.90 Å². The predicted molar refractivity (Wildman–Crippen MR) is 158 cm³/mol. The average molecular weight is 636 g/mol. The summed E-state index contributed by atoms with van der Waals surface area (Å²) >= 11 is 6.24. The minimum absolute atomic E-state index is 0.157. The van der Waals surface area contributed by atoms with Crippen molar-refractivity contribution in [1.82, 2.24) is 15.3 Å². The van der Waals surface area contributed by atoms with E-state index in [1.54, 1.807) is 24.3 Å². The van der Waals surface area contributed by atoms with Crippen LogP contribution < -0.4 is 25.4 Å². The van der Waals surface area contributed by atoms with Crippen LogP contribution in [0, 0.1) is 5.41 Å². The number of nitrogens with zero attached hydrogens (tertiary/aromatic N) is 3. The topological polar surface area (TPSA) is 132 Å². The number of piperidine rings is 1. The van der Waals surface area contributed by atoms with Gasteiger partial charge in [-0.2, -0.15) is 23.1 Å². The smallest absolute Gasteiger partial charge is 0.429 e. The second-order valence-corrected chi connectivity index (χ2v) is 11.5. The van der Waals surface area contributed by atoms with Crippen LogP contribution >= 0.6 is 11.6 Å². The highest BCUT2D eigenvalue weighted by Crippen LogP contribution is 2.44. The second-order valence-electron chi connectivity index (χ2n) is 11.0. The third-order valence-electron chi connectivity index (χ3n) is 8.05. The lowest BCUT2D eigenvalue weighted by molar-refractivity contribution is -0.198. The number of anilines is 2. The number of benzene rings is 2. The first-order valence-corrected chi connectivity index (χ1v) is 14.4. The fraction of sp³-hybridized carbons (Fsp3) is 0.433. The summed E-state index contributed by atoms with van der Waals surface area (Å²) in [5.74, 6) is -0.647. The lowest BCUT2D eigenvalue weighted by Gasteiger charge is -2.39. The number of methoxy groups -OCH3 is 1. The molecule has 10 nitrogen and oxygen atoms in total. The fourth-order valence-electron chi connectivity index (χ4n) is 5.77. The van der Waals surface area contributed by atoms with Crippen LogP contribution in [0.25, 0.3) is 11.1 Å². The predicted octanol–water partition coefficient (Wildman–Crippen LogP) is 5.12. The zero-order valence-corrected chi connectivity index (χ0v) is 24.7. The van der Waals surface area contributed by atoms with Crippen molar-refractivity contribution < 1.29 is 37.3 Å². The number of nitrogens with one attached hydrogen (secondary N) is 1. The third kappa shape index (κ3) is 7.28. The van der Waals surface area contributed by atoms with Gasteiger partial charge in [0, 0.05) is 43.4 Å². The van der Waals surface area contributed by atoms with Crippen molar-refractivity contribution in [3.05, 3.63) is 59.1 Å². The molecule has 236 valence electrons. The molecule has 5 rings (SSSR count). The van der Waals surface area contributed by atoms with Gasteiger partial charge in [-0.15, -0.1) is 0 Å². The van der Waals surface area contributed by atoms with Crippen molar-refractivity contribution in [2.75, 3.05) is 50.6 Å². The largest absolute Gasteiger partial charge is 0.491 e. The summed E-state index contributed by atoms with van der Waals surface area (Å²) in [4.78, 5) is 21.5. The Hall–Kier alpha value is -3.81. The highest BCUT2D eigenvalue weighted by Gasteiger charge is 2.46. The molecule has 3 aromatic rings. The number of hydrogen-bond acceptors (Lipinski definition) is 9. The number of carboxylic acid groups (broad SMARTS) is 1. The first-order valence-electron chi connectivity index (χ1n) is 14.1. The Balaban J connectivity index is 1.40. The molecule has 1 aromatic heterocycles. The van der Waals surface area contributed by atoms with Crippen LogP contribution in [-0.2, 0) is 9.53 Å². The van der Waals surface area contributed by atoms with E-state index >= 15 is 0 Å². The van der Waals surface area contributed by atoms with E-state index < -0.39 is 24.3 Å². The molecule has 2 fully saturated rings. The molecule has 1 unspecified atom stereocenters. The zero-order valence-electron chi connectivity index (χ0n) is 23.9. The minimum Gasteiger partial charge on any atom is -0.491 e. The zero-order chi connectivity index (χ0) is 31.5. The summed E-state index contributed by atoms with van der Waals surface area (Å²) < 4.78 is 60.2. The Morgan fingerprint density at radius 3 is 2.64 bits per heavy atom. The van der Waals surface area contributed by atoms with E-state index in [9.17, 15) is 23.1 Å². The lowest BCUT2D eigenvalue weighted by atomic mass is 9.76. The molecule has 0 radical (unpaired) electrons. The molecule has 0 aliphatic carbocycles. The number of carbonyl (C=O) groups is 1. The van der Waals surface area contributed by atoms with E-state index in [1.165, 1.54) is 31.4 Å². The first kappa shape index (κ1) is 31.6. The van der Waals surface area contributed by atoms with E-state index in [0.717, 1.165) is 0 Å². The molecule has 14 heteroatoms. The number of nitrogen functional groups attached to an aromatic ring is 1. The Kier molecular flexibility index (Phi) is 9.37. The van der Waals surface area contributed by atoms with Crippen LogP contribution in [-0.4, -0.2) is 73.2 Å². The van der Waals surface area contributed by atoms with Gasteiger partial charge in [0.1, 0.15) is 24.2 Å². The van der Waals surface area contributed by atoms with Gasteiger partial charge in [-0.25, -0.2) is 0 Å². The van der Waals surface area contributed by atoms with Gasteiger partial charge in [0.05, 0.1) is 6.61 Å². The number of ether oxygens (including phenoxy) is 3. The van der Waals surface area contributed by atoms with Gasteiger partial charge in [-0.3, -0.25) is 4.79 Å². The summed E-state index contributed by atoms with van der Waals surface area (Å²) in [5, 5.41) is 12.7. The maximum absolute atomic E-state index is 14.7. The summed E-state index contributed by atoms with van der Waals surface area (Å²) in [6, 6.07) is 11.5. The monoisotopic (exact) mass is 635 g/mol. The molecule has 2 saturated heterocycles. The van der Waals surface area contributed by atoms with Gasteiger partial charge in [0.25, 0.3) is 0 Å². The highest BCUT2D eigenvalue weighted by atomic mass is 35.5. The SMILES string of the molecule is COCCOc1cccc(-c2cc(Cl)ccc2[C@@H](Oc2cc(N3CCC4(CC3)CNC(C(=O)O)C4)nc(N)n2)C(F)(F)F)c1. The van der Waals surface area contributed by atoms with E-state index in [2.05, 4.69) is 15.3 Å². The molecule has 2 aromatic carbocycles. The third-order valence-corrected chi connectivity index (χ3v) is 8.28. The minimum atomic E-state index is -4.83. The number of hydrogen-bond donors (Lipinski definition) is 3. The van der Waals surface area contributed by atoms with Crippen LogP contribution in [0.5, 0.6) is 11.6 Å². The lowest BCUT2D eigenvalue weighted by Crippen LogP contribution is -2.41. The van der Waals surface area contributed by atoms with Crippen molar-refractivity contribution in [3.8, 4) is 22.8 Å². The molecule has 2 atom stereocenters. The summed E-state index contributed by atoms with van der Waals surface area (Å²) in [6.07, 6.45) is -5.33. The Morgan fingerprint density at radius 1 is 1.18 bits per heavy atom. The van der Waals surface area contributed by atoms with Crippen molar-refractivity contribution in [1.29, 1.82) is 0 Å². The van der Waals surface area contributed by atoms with Crippen molar-refractivity contribution >= 4 is 29.3 Å². The van der Waals surface area contributed by atoms with E-state index in [0.29, 0.717) is 62.6 Å². The molecule has 2 aliphatic rings. The van der Waals surface area contributed by atoms with Gasteiger partial charge in [-0.05, 0) is 60.1 Å². The summed E-state index contributed by atoms with van der Waals surface area (Å²) in [7, 11) is 1.54. The van der Waals surface area contributed by atoms with Crippen LogP contribution in [0.1, 0.15) is 30.9 Å². The quantitative estimate of drug-likeness (QED) is 0.258. The number of carboxylic acids is 1. The summed E-state index contributed by atoms with van der Waals surface area (Å²) in [6.45, 7) is 2.26. The second kappa shape index (κ2) is 13.0. The van der Waals surface area contributed by atoms with Gasteiger partial charge >= 0.3 is 12.1 Å². The maximum atomic E-state index is 14.7. The van der Waals surface area contributed by atoms with Crippen LogP contribution in [0.3, 0.4) is 0 Å². The number of aromatic nitrogens is 2. The van der Waals surface area contributed by atoms with Gasteiger partial charge in [-0.1, -0.05) is 29.8 Å². The highest BCUT2D eigenvalue weighted by molar-refractivity contribution is 6.30. The Bertz CT molecular complexity index is 1490. The molecule has 0 amide bonds. The van der Waals surface area contributed by atoms with Crippen molar-refractivity contribution in [2.24, 2.45) is 5.41 Å². The molecular formula is C30H33ClF3N5O5. The van der Waals surface area contributed by atoms with Crippen LogP contribution in [0.4, 0.5) is 24.9 Å². The van der Waals surface area contributed by atoms with E-state index in [-0.39, 0.29) is 40.0 Å². The molecule has 44 heavy (non-hydrogen) atoms. The molecule has 1 spiro atoms. The van der Waals surface area contributed by atoms with Crippen molar-refractivity contribution in [2.45, 2.75) is 37.6 Å². The van der Waals surface area contributed by atoms with Crippen LogP contribution in [0.15, 0.2) is 48.5 Å². The number of halogens is 4. The number of nitrogens with two attached hydrogens (primary N) is 1. The number of aliphatic carboxylic acids is 1. The first-order chi connectivity index (χ1) is 21.0. The van der Waals surface area contributed by atoms with Gasteiger partial charge < -0.3 is 35.3 Å². The van der Waals surface area contributed by atoms with Crippen LogP contribution in [0.2, 0.25) is 5.02 Å². The Morgan fingerprint density at radius 2 is 1.95 bits per heavy atom. The summed E-state index contributed by atoms with van der Waals surface area (Å²) in [5.41, 5.74) is 6.28. The van der Waals surface area contributed by atoms with E-state index in [4.69, 9.17) is 31.5 Å². The average Bonchev–Trinajstić information content (AvgIpc) is 3.40.